The molecule has 0 bridgehead atoms. The summed E-state index contributed by atoms with van der Waals surface area (Å²) in [7, 11) is 0. The summed E-state index contributed by atoms with van der Waals surface area (Å²) in [6, 6.07) is 5.50. The highest BCUT2D eigenvalue weighted by Gasteiger charge is 2.25. The van der Waals surface area contributed by atoms with Crippen LogP contribution in [-0.2, 0) is 0 Å². The zero-order valence-electron chi connectivity index (χ0n) is 9.36. The number of aliphatic hydroxyl groups excluding tert-OH is 1. The monoisotopic (exact) mass is 240 g/mol. The van der Waals surface area contributed by atoms with Crippen LogP contribution in [0.4, 0.5) is 11.4 Å². The zero-order chi connectivity index (χ0) is 11.7. The third-order valence-electron chi connectivity index (χ3n) is 3.25. The molecule has 3 nitrogen and oxygen atoms in total. The fraction of sp³-hybridized carbons (Fsp3) is 0.500. The lowest BCUT2D eigenvalue weighted by atomic mass is 9.95. The van der Waals surface area contributed by atoms with Crippen LogP contribution in [0.2, 0.25) is 5.02 Å². The highest BCUT2D eigenvalue weighted by molar-refractivity contribution is 6.31. The molecule has 3 N–H and O–H groups in total. The van der Waals surface area contributed by atoms with Crippen molar-refractivity contribution in [2.45, 2.75) is 19.4 Å². The summed E-state index contributed by atoms with van der Waals surface area (Å²) in [5.74, 6) is 0.366. The summed E-state index contributed by atoms with van der Waals surface area (Å²) < 4.78 is 0. The van der Waals surface area contributed by atoms with Crippen molar-refractivity contribution in [1.29, 1.82) is 0 Å². The number of hydrogen-bond acceptors (Lipinski definition) is 3. The van der Waals surface area contributed by atoms with Crippen LogP contribution in [0, 0.1) is 5.92 Å². The first-order valence-corrected chi connectivity index (χ1v) is 5.94. The largest absolute Gasteiger partial charge is 0.397 e. The number of hydrogen-bond donors (Lipinski definition) is 2. The van der Waals surface area contributed by atoms with E-state index < -0.39 is 0 Å². The van der Waals surface area contributed by atoms with Gasteiger partial charge in [0.1, 0.15) is 0 Å². The Morgan fingerprint density at radius 2 is 2.25 bits per heavy atom. The number of rotatable bonds is 1. The molecule has 1 saturated heterocycles. The van der Waals surface area contributed by atoms with Crippen molar-refractivity contribution in [2.75, 3.05) is 23.7 Å². The second-order valence-electron chi connectivity index (χ2n) is 4.48. The molecule has 1 heterocycles. The van der Waals surface area contributed by atoms with E-state index in [2.05, 4.69) is 11.8 Å². The number of nitrogens with zero attached hydrogens (tertiary/aromatic N) is 1. The summed E-state index contributed by atoms with van der Waals surface area (Å²) in [6.07, 6.45) is 0.715. The van der Waals surface area contributed by atoms with Crippen LogP contribution in [0.3, 0.4) is 0 Å². The molecule has 4 heteroatoms. The number of β-amino-alcohol motifs (C(OH)–C–C–N with tert-alkyl or cyclic N) is 1. The van der Waals surface area contributed by atoms with Crippen LogP contribution in [0.15, 0.2) is 18.2 Å². The Kier molecular flexibility index (Phi) is 3.26. The molecular formula is C12H17ClN2O. The molecule has 2 unspecified atom stereocenters. The highest BCUT2D eigenvalue weighted by atomic mass is 35.5. The Morgan fingerprint density at radius 3 is 2.88 bits per heavy atom. The van der Waals surface area contributed by atoms with Crippen LogP contribution in [0.1, 0.15) is 13.3 Å². The van der Waals surface area contributed by atoms with E-state index in [1.807, 2.05) is 12.1 Å². The third-order valence-corrected chi connectivity index (χ3v) is 3.48. The van der Waals surface area contributed by atoms with Gasteiger partial charge in [0, 0.05) is 18.1 Å². The molecule has 1 aliphatic heterocycles. The van der Waals surface area contributed by atoms with Gasteiger partial charge in [-0.1, -0.05) is 18.5 Å². The van der Waals surface area contributed by atoms with Crippen LogP contribution in [0.5, 0.6) is 0 Å². The number of benzene rings is 1. The first-order chi connectivity index (χ1) is 7.58. The number of anilines is 2. The maximum Gasteiger partial charge on any atom is 0.0741 e. The summed E-state index contributed by atoms with van der Waals surface area (Å²) >= 11 is 5.86. The fourth-order valence-corrected chi connectivity index (χ4v) is 2.26. The number of nitrogens with two attached hydrogens (primary N) is 1. The SMILES string of the molecule is CC1CCN(c2ccc(Cl)cc2N)CC1O. The number of nitrogen functional groups attached to an aromatic ring is 1. The van der Waals surface area contributed by atoms with E-state index in [9.17, 15) is 5.11 Å². The second-order valence-corrected chi connectivity index (χ2v) is 4.92. The summed E-state index contributed by atoms with van der Waals surface area (Å²) in [4.78, 5) is 2.12. The van der Waals surface area contributed by atoms with Crippen molar-refractivity contribution in [3.63, 3.8) is 0 Å². The molecule has 0 aromatic heterocycles. The molecule has 16 heavy (non-hydrogen) atoms. The molecule has 88 valence electrons. The normalized spacial score (nSPS) is 25.8. The van der Waals surface area contributed by atoms with E-state index in [1.54, 1.807) is 6.07 Å². The van der Waals surface area contributed by atoms with Crippen LogP contribution >= 0.6 is 11.6 Å². The lowest BCUT2D eigenvalue weighted by molar-refractivity contribution is 0.103. The molecule has 0 spiro atoms. The molecule has 2 atom stereocenters. The summed E-state index contributed by atoms with van der Waals surface area (Å²) in [5, 5.41) is 10.5. The Labute approximate surface area is 101 Å². The average Bonchev–Trinajstić information content (AvgIpc) is 2.22. The smallest absolute Gasteiger partial charge is 0.0741 e. The van der Waals surface area contributed by atoms with Crippen LogP contribution in [0.25, 0.3) is 0 Å². The maximum absolute atomic E-state index is 9.85. The molecule has 1 fully saturated rings. The summed E-state index contributed by atoms with van der Waals surface area (Å²) in [6.45, 7) is 3.66. The second kappa shape index (κ2) is 4.52. The van der Waals surface area contributed by atoms with E-state index in [1.165, 1.54) is 0 Å². The van der Waals surface area contributed by atoms with E-state index in [4.69, 9.17) is 17.3 Å². The minimum Gasteiger partial charge on any atom is -0.397 e. The van der Waals surface area contributed by atoms with E-state index in [-0.39, 0.29) is 6.10 Å². The maximum atomic E-state index is 9.85. The minimum atomic E-state index is -0.274. The number of halogens is 1. The molecule has 1 aromatic rings. The lowest BCUT2D eigenvalue weighted by Crippen LogP contribution is -2.43. The predicted octanol–water partition coefficient (Wildman–Crippen LogP) is 2.13. The van der Waals surface area contributed by atoms with Gasteiger partial charge in [-0.3, -0.25) is 0 Å². The van der Waals surface area contributed by atoms with Gasteiger partial charge in [-0.2, -0.15) is 0 Å². The van der Waals surface area contributed by atoms with Gasteiger partial charge >= 0.3 is 0 Å². The summed E-state index contributed by atoms with van der Waals surface area (Å²) in [5.41, 5.74) is 7.57. The highest BCUT2D eigenvalue weighted by Crippen LogP contribution is 2.30. The predicted molar refractivity (Wildman–Crippen MR) is 67.9 cm³/mol. The Hall–Kier alpha value is -0.930. The Morgan fingerprint density at radius 1 is 1.50 bits per heavy atom. The van der Waals surface area contributed by atoms with Crippen molar-refractivity contribution < 1.29 is 5.11 Å². The van der Waals surface area contributed by atoms with E-state index in [0.29, 0.717) is 23.2 Å². The lowest BCUT2D eigenvalue weighted by Gasteiger charge is -2.36. The van der Waals surface area contributed by atoms with Gasteiger partial charge in [-0.05, 0) is 30.5 Å². The topological polar surface area (TPSA) is 49.5 Å². The van der Waals surface area contributed by atoms with Gasteiger partial charge in [0.2, 0.25) is 0 Å². The first-order valence-electron chi connectivity index (χ1n) is 5.56. The van der Waals surface area contributed by atoms with Crippen molar-refractivity contribution in [1.82, 2.24) is 0 Å². The van der Waals surface area contributed by atoms with Gasteiger partial charge in [-0.25, -0.2) is 0 Å². The fourth-order valence-electron chi connectivity index (χ4n) is 2.08. The van der Waals surface area contributed by atoms with Crippen LogP contribution < -0.4 is 10.6 Å². The average molecular weight is 241 g/mol. The van der Waals surface area contributed by atoms with Gasteiger partial charge in [0.15, 0.2) is 0 Å². The van der Waals surface area contributed by atoms with Gasteiger partial charge in [0.25, 0.3) is 0 Å². The van der Waals surface area contributed by atoms with Crippen molar-refractivity contribution in [2.24, 2.45) is 5.92 Å². The minimum absolute atomic E-state index is 0.274. The molecule has 2 rings (SSSR count). The Bertz CT molecular complexity index is 383. The van der Waals surface area contributed by atoms with Gasteiger partial charge < -0.3 is 15.7 Å². The number of aliphatic hydroxyl groups is 1. The van der Waals surface area contributed by atoms with E-state index in [0.717, 1.165) is 18.7 Å². The van der Waals surface area contributed by atoms with Crippen LogP contribution in [-0.4, -0.2) is 24.3 Å². The molecule has 0 aliphatic carbocycles. The standard InChI is InChI=1S/C12H17ClN2O/c1-8-4-5-15(7-12(8)16)11-3-2-9(13)6-10(11)14/h2-3,6,8,12,16H,4-5,7,14H2,1H3. The van der Waals surface area contributed by atoms with E-state index >= 15 is 0 Å². The van der Waals surface area contributed by atoms with Crippen molar-refractivity contribution >= 4 is 23.0 Å². The first kappa shape index (κ1) is 11.6. The van der Waals surface area contributed by atoms with Crippen molar-refractivity contribution in [3.05, 3.63) is 23.2 Å². The molecule has 0 radical (unpaired) electrons. The molecule has 1 aliphatic rings. The van der Waals surface area contributed by atoms with Crippen molar-refractivity contribution in [3.8, 4) is 0 Å². The zero-order valence-corrected chi connectivity index (χ0v) is 10.1. The number of piperidine rings is 1. The Balaban J connectivity index is 2.18. The molecule has 1 aromatic carbocycles. The molecule has 0 saturated carbocycles. The van der Waals surface area contributed by atoms with Gasteiger partial charge in [-0.15, -0.1) is 0 Å². The third kappa shape index (κ3) is 2.25. The molecule has 0 amide bonds. The van der Waals surface area contributed by atoms with Gasteiger partial charge in [0.05, 0.1) is 17.5 Å². The quantitative estimate of drug-likeness (QED) is 0.740. The molecular weight excluding hydrogens is 224 g/mol.